The number of rotatable bonds is 12. The lowest BCUT2D eigenvalue weighted by atomic mass is 10.0. The number of nitrogens with one attached hydrogen (secondary N) is 2. The molecule has 9 nitrogen and oxygen atoms in total. The molecular weight excluding hydrogens is 378 g/mol. The Hall–Kier alpha value is -2.91. The lowest BCUT2D eigenvalue weighted by molar-refractivity contribution is -0.757. The maximum Gasteiger partial charge on any atom is 0.294 e. The van der Waals surface area contributed by atoms with Crippen LogP contribution in [0.4, 0.5) is 0 Å². The fraction of sp³-hybridized carbons (Fsp3) is 0.450. The van der Waals surface area contributed by atoms with Crippen LogP contribution in [0.3, 0.4) is 0 Å². The minimum absolute atomic E-state index is 0.0309. The molecule has 0 aliphatic carbocycles. The quantitative estimate of drug-likeness (QED) is 0.277. The summed E-state index contributed by atoms with van der Waals surface area (Å²) in [5, 5.41) is 26.9. The monoisotopic (exact) mass is 405 g/mol. The molecule has 0 heterocycles. The maximum atomic E-state index is 12.2. The number of ether oxygens (including phenoxy) is 1. The molecule has 2 aromatic carbocycles. The highest BCUT2D eigenvalue weighted by Gasteiger charge is 2.15. The third-order valence-electron chi connectivity index (χ3n) is 4.11. The van der Waals surface area contributed by atoms with Gasteiger partial charge >= 0.3 is 0 Å². The molecule has 3 N–H and O–H groups in total. The zero-order valence-corrected chi connectivity index (χ0v) is 16.6. The summed E-state index contributed by atoms with van der Waals surface area (Å²) in [6.07, 6.45) is -0.656. The lowest BCUT2D eigenvalue weighted by Crippen LogP contribution is -2.35. The van der Waals surface area contributed by atoms with Crippen molar-refractivity contribution in [3.63, 3.8) is 0 Å². The van der Waals surface area contributed by atoms with Crippen molar-refractivity contribution in [2.75, 3.05) is 26.3 Å². The summed E-state index contributed by atoms with van der Waals surface area (Å²) in [4.78, 5) is 26.5. The topological polar surface area (TPSA) is 123 Å². The highest BCUT2D eigenvalue weighted by Crippen LogP contribution is 2.30. The fourth-order valence-corrected chi connectivity index (χ4v) is 2.75. The first kappa shape index (κ1) is 22.4. The zero-order chi connectivity index (χ0) is 21.2. The average Bonchev–Trinajstić information content (AvgIpc) is 2.68. The molecule has 1 atom stereocenters. The van der Waals surface area contributed by atoms with Gasteiger partial charge in [0.1, 0.15) is 25.1 Å². The number of benzene rings is 2. The van der Waals surface area contributed by atoms with Crippen LogP contribution in [0, 0.1) is 10.1 Å². The molecule has 0 saturated carbocycles. The van der Waals surface area contributed by atoms with Crippen LogP contribution >= 0.6 is 0 Å². The summed E-state index contributed by atoms with van der Waals surface area (Å²) in [6.45, 7) is 4.28. The van der Waals surface area contributed by atoms with E-state index in [-0.39, 0.29) is 38.1 Å². The Morgan fingerprint density at radius 3 is 2.72 bits per heavy atom. The van der Waals surface area contributed by atoms with Crippen LogP contribution in [-0.2, 0) is 16.1 Å². The Morgan fingerprint density at radius 2 is 2.00 bits per heavy atom. The molecular formula is C20H27N3O6. The van der Waals surface area contributed by atoms with Crippen LogP contribution in [0.5, 0.6) is 5.75 Å². The summed E-state index contributed by atoms with van der Waals surface area (Å²) in [7, 11) is 0. The Bertz CT molecular complexity index is 827. The number of aliphatic hydroxyl groups is 1. The molecule has 0 saturated heterocycles. The van der Waals surface area contributed by atoms with Gasteiger partial charge in [0.25, 0.3) is 5.09 Å². The van der Waals surface area contributed by atoms with E-state index in [1.165, 1.54) is 0 Å². The summed E-state index contributed by atoms with van der Waals surface area (Å²) in [6, 6.07) is 11.6. The molecule has 1 unspecified atom stereocenters. The number of hydrogen-bond donors (Lipinski definition) is 3. The largest absolute Gasteiger partial charge is 0.490 e. The third-order valence-corrected chi connectivity index (χ3v) is 4.11. The minimum Gasteiger partial charge on any atom is -0.490 e. The molecule has 0 fully saturated rings. The normalized spacial score (nSPS) is 12.0. The fourth-order valence-electron chi connectivity index (χ4n) is 2.75. The number of nitrogens with zero attached hydrogens (tertiary/aromatic N) is 1. The Kier molecular flexibility index (Phi) is 8.63. The standard InChI is InChI=1S/C20H27N3O6/c1-14(2)22-12-17(24)13-28-20-16(8-7-15-5-3-4-6-18(15)20)11-19(25)21-9-10-29-23(26)27/h3-8,14,17,22,24H,9-13H2,1-2H3,(H,21,25). The van der Waals surface area contributed by atoms with E-state index in [4.69, 9.17) is 4.74 Å². The van der Waals surface area contributed by atoms with Crippen LogP contribution in [0.25, 0.3) is 10.8 Å². The first-order chi connectivity index (χ1) is 13.9. The summed E-state index contributed by atoms with van der Waals surface area (Å²) < 4.78 is 5.92. The maximum absolute atomic E-state index is 12.2. The number of amides is 1. The summed E-state index contributed by atoms with van der Waals surface area (Å²) >= 11 is 0. The molecule has 0 radical (unpaired) electrons. The highest BCUT2D eigenvalue weighted by atomic mass is 16.9. The van der Waals surface area contributed by atoms with Gasteiger partial charge in [-0.25, -0.2) is 0 Å². The van der Waals surface area contributed by atoms with Crippen LogP contribution < -0.4 is 15.4 Å². The molecule has 29 heavy (non-hydrogen) atoms. The number of fused-ring (bicyclic) bond motifs is 1. The van der Waals surface area contributed by atoms with Crippen LogP contribution in [-0.4, -0.2) is 54.5 Å². The first-order valence-corrected chi connectivity index (χ1v) is 9.45. The zero-order valence-electron chi connectivity index (χ0n) is 16.6. The van der Waals surface area contributed by atoms with E-state index in [0.717, 1.165) is 10.8 Å². The summed E-state index contributed by atoms with van der Waals surface area (Å²) in [5.41, 5.74) is 0.667. The van der Waals surface area contributed by atoms with Gasteiger partial charge in [-0.3, -0.25) is 4.79 Å². The van der Waals surface area contributed by atoms with E-state index < -0.39 is 11.2 Å². The molecule has 0 aliphatic heterocycles. The Morgan fingerprint density at radius 1 is 1.24 bits per heavy atom. The predicted octanol–water partition coefficient (Wildman–Crippen LogP) is 1.44. The molecule has 1 amide bonds. The van der Waals surface area contributed by atoms with E-state index in [9.17, 15) is 20.0 Å². The van der Waals surface area contributed by atoms with Crippen molar-refractivity contribution < 1.29 is 24.6 Å². The smallest absolute Gasteiger partial charge is 0.294 e. The number of aliphatic hydroxyl groups excluding tert-OH is 1. The minimum atomic E-state index is -0.902. The van der Waals surface area contributed by atoms with Gasteiger partial charge in [-0.2, -0.15) is 0 Å². The van der Waals surface area contributed by atoms with Gasteiger partial charge in [-0.1, -0.05) is 50.2 Å². The Balaban J connectivity index is 2.07. The van der Waals surface area contributed by atoms with Gasteiger partial charge in [0, 0.05) is 30.1 Å². The van der Waals surface area contributed by atoms with Crippen molar-refractivity contribution in [3.05, 3.63) is 52.1 Å². The second kappa shape index (κ2) is 11.2. The molecule has 0 aromatic heterocycles. The molecule has 9 heteroatoms. The van der Waals surface area contributed by atoms with Gasteiger partial charge in [0.15, 0.2) is 0 Å². The van der Waals surface area contributed by atoms with E-state index in [0.29, 0.717) is 17.9 Å². The van der Waals surface area contributed by atoms with Crippen molar-refractivity contribution in [2.45, 2.75) is 32.4 Å². The van der Waals surface area contributed by atoms with Crippen molar-refractivity contribution in [2.24, 2.45) is 0 Å². The van der Waals surface area contributed by atoms with E-state index in [2.05, 4.69) is 15.5 Å². The van der Waals surface area contributed by atoms with E-state index in [1.807, 2.05) is 50.2 Å². The molecule has 158 valence electrons. The first-order valence-electron chi connectivity index (χ1n) is 9.45. The average molecular weight is 405 g/mol. The third kappa shape index (κ3) is 7.55. The van der Waals surface area contributed by atoms with Crippen LogP contribution in [0.2, 0.25) is 0 Å². The predicted molar refractivity (Wildman–Crippen MR) is 108 cm³/mol. The van der Waals surface area contributed by atoms with E-state index in [1.54, 1.807) is 0 Å². The molecule has 0 aliphatic rings. The van der Waals surface area contributed by atoms with Gasteiger partial charge < -0.3 is 25.3 Å². The second-order valence-corrected chi connectivity index (χ2v) is 6.89. The van der Waals surface area contributed by atoms with Crippen molar-refractivity contribution in [1.29, 1.82) is 0 Å². The van der Waals surface area contributed by atoms with Gasteiger partial charge in [-0.05, 0) is 5.39 Å². The van der Waals surface area contributed by atoms with Gasteiger partial charge in [0.05, 0.1) is 6.42 Å². The molecule has 0 spiro atoms. The number of carbonyl (C=O) groups excluding carboxylic acids is 1. The van der Waals surface area contributed by atoms with Crippen molar-refractivity contribution in [1.82, 2.24) is 10.6 Å². The summed E-state index contributed by atoms with van der Waals surface area (Å²) in [5.74, 6) is 0.238. The second-order valence-electron chi connectivity index (χ2n) is 6.89. The SMILES string of the molecule is CC(C)NCC(O)COc1c(CC(=O)NCCO[N+](=O)[O-])ccc2ccccc12. The van der Waals surface area contributed by atoms with E-state index >= 15 is 0 Å². The molecule has 2 aromatic rings. The number of carbonyl (C=O) groups is 1. The van der Waals surface area contributed by atoms with Crippen LogP contribution in [0.1, 0.15) is 19.4 Å². The molecule has 0 bridgehead atoms. The Labute approximate surface area is 169 Å². The van der Waals surface area contributed by atoms with Crippen molar-refractivity contribution in [3.8, 4) is 5.75 Å². The van der Waals surface area contributed by atoms with Gasteiger partial charge in [0.2, 0.25) is 5.91 Å². The number of hydrogen-bond acceptors (Lipinski definition) is 7. The van der Waals surface area contributed by atoms with Crippen molar-refractivity contribution >= 4 is 16.7 Å². The van der Waals surface area contributed by atoms with Gasteiger partial charge in [-0.15, -0.1) is 10.1 Å². The lowest BCUT2D eigenvalue weighted by Gasteiger charge is -2.18. The van der Waals surface area contributed by atoms with Crippen LogP contribution in [0.15, 0.2) is 36.4 Å². The highest BCUT2D eigenvalue weighted by molar-refractivity contribution is 5.91. The molecule has 2 rings (SSSR count).